The van der Waals surface area contributed by atoms with Gasteiger partial charge in [-0.3, -0.25) is 4.90 Å². The quantitative estimate of drug-likeness (QED) is 0.524. The minimum atomic E-state index is 0.682. The van der Waals surface area contributed by atoms with Crippen LogP contribution in [0.1, 0.15) is 71.1 Å². The number of nitrogens with zero attached hydrogens (tertiary/aromatic N) is 1. The third-order valence-corrected chi connectivity index (χ3v) is 4.68. The third kappa shape index (κ3) is 14.2. The molecular weight excluding hydrogens is 302 g/mol. The molecule has 1 aliphatic rings. The molecule has 1 saturated heterocycles. The molecule has 4 heteroatoms. The largest absolute Gasteiger partial charge is 0.378 e. The molecule has 0 spiro atoms. The summed E-state index contributed by atoms with van der Waals surface area (Å²) in [5.74, 6) is 0. The summed E-state index contributed by atoms with van der Waals surface area (Å²) in [6.07, 6.45) is 14.0. The molecule has 24 heavy (non-hydrogen) atoms. The fraction of sp³-hybridized carbons (Fsp3) is 1.00. The van der Waals surface area contributed by atoms with Crippen molar-refractivity contribution in [2.75, 3.05) is 59.3 Å². The van der Waals surface area contributed by atoms with Crippen LogP contribution in [0, 0.1) is 0 Å². The average Bonchev–Trinajstić information content (AvgIpc) is 2.58. The van der Waals surface area contributed by atoms with Crippen molar-refractivity contribution >= 4 is 0 Å². The standard InChI is InChI=1S/C20H41NO3/c1-2-3-4-5-6-7-8-9-10-11-12-21-13-15-22-17-19-24-20-18-23-16-14-21/h2-20H2,1H3. The molecule has 144 valence electrons. The van der Waals surface area contributed by atoms with Gasteiger partial charge in [-0.25, -0.2) is 0 Å². The van der Waals surface area contributed by atoms with Crippen LogP contribution < -0.4 is 0 Å². The zero-order valence-electron chi connectivity index (χ0n) is 16.1. The SMILES string of the molecule is CCCCCCCCCCCCN1CCOCCOCCOCC1. The second kappa shape index (κ2) is 17.7. The van der Waals surface area contributed by atoms with Gasteiger partial charge < -0.3 is 14.2 Å². The van der Waals surface area contributed by atoms with Gasteiger partial charge in [-0.1, -0.05) is 64.7 Å². The van der Waals surface area contributed by atoms with Gasteiger partial charge >= 0.3 is 0 Å². The van der Waals surface area contributed by atoms with Crippen LogP contribution in [-0.2, 0) is 14.2 Å². The Hall–Kier alpha value is -0.160. The minimum Gasteiger partial charge on any atom is -0.378 e. The summed E-state index contributed by atoms with van der Waals surface area (Å²) in [5, 5.41) is 0. The van der Waals surface area contributed by atoms with E-state index in [-0.39, 0.29) is 0 Å². The van der Waals surface area contributed by atoms with Crippen LogP contribution in [0.5, 0.6) is 0 Å². The van der Waals surface area contributed by atoms with Gasteiger partial charge in [-0.15, -0.1) is 0 Å². The Kier molecular flexibility index (Phi) is 16.1. The van der Waals surface area contributed by atoms with Crippen molar-refractivity contribution < 1.29 is 14.2 Å². The molecule has 0 aromatic heterocycles. The predicted octanol–water partition coefficient (Wildman–Crippen LogP) is 4.27. The van der Waals surface area contributed by atoms with E-state index in [9.17, 15) is 0 Å². The highest BCUT2D eigenvalue weighted by molar-refractivity contribution is 4.59. The molecule has 0 bridgehead atoms. The number of hydrogen-bond donors (Lipinski definition) is 0. The molecule has 1 aliphatic heterocycles. The lowest BCUT2D eigenvalue weighted by molar-refractivity contribution is -0.00599. The van der Waals surface area contributed by atoms with E-state index in [1.54, 1.807) is 0 Å². The first kappa shape index (κ1) is 21.9. The van der Waals surface area contributed by atoms with Crippen molar-refractivity contribution in [2.45, 2.75) is 71.1 Å². The van der Waals surface area contributed by atoms with Gasteiger partial charge in [-0.2, -0.15) is 0 Å². The summed E-state index contributed by atoms with van der Waals surface area (Å²) < 4.78 is 16.7. The summed E-state index contributed by atoms with van der Waals surface area (Å²) in [6, 6.07) is 0. The van der Waals surface area contributed by atoms with Gasteiger partial charge in [0.25, 0.3) is 0 Å². The van der Waals surface area contributed by atoms with E-state index in [1.165, 1.54) is 70.8 Å². The van der Waals surface area contributed by atoms with Crippen molar-refractivity contribution in [1.29, 1.82) is 0 Å². The van der Waals surface area contributed by atoms with Crippen LogP contribution in [0.3, 0.4) is 0 Å². The topological polar surface area (TPSA) is 30.9 Å². The molecular formula is C20H41NO3. The lowest BCUT2D eigenvalue weighted by atomic mass is 10.1. The zero-order chi connectivity index (χ0) is 17.1. The Morgan fingerprint density at radius 1 is 0.542 bits per heavy atom. The molecule has 4 nitrogen and oxygen atoms in total. The van der Waals surface area contributed by atoms with Crippen molar-refractivity contribution in [1.82, 2.24) is 4.90 Å². The second-order valence-electron chi connectivity index (χ2n) is 6.86. The highest BCUT2D eigenvalue weighted by Gasteiger charge is 2.06. The first-order chi connectivity index (χ1) is 11.9. The van der Waals surface area contributed by atoms with Crippen LogP contribution >= 0.6 is 0 Å². The first-order valence-electron chi connectivity index (χ1n) is 10.4. The van der Waals surface area contributed by atoms with E-state index in [1.807, 2.05) is 0 Å². The van der Waals surface area contributed by atoms with Gasteiger partial charge in [0.15, 0.2) is 0 Å². The predicted molar refractivity (Wildman–Crippen MR) is 101 cm³/mol. The Bertz CT molecular complexity index is 239. The van der Waals surface area contributed by atoms with Gasteiger partial charge in [0.05, 0.1) is 39.6 Å². The van der Waals surface area contributed by atoms with Crippen LogP contribution in [0.25, 0.3) is 0 Å². The van der Waals surface area contributed by atoms with E-state index in [4.69, 9.17) is 14.2 Å². The molecule has 0 aromatic carbocycles. The normalized spacial score (nSPS) is 18.9. The van der Waals surface area contributed by atoms with Crippen molar-refractivity contribution in [3.05, 3.63) is 0 Å². The van der Waals surface area contributed by atoms with Crippen molar-refractivity contribution in [2.24, 2.45) is 0 Å². The average molecular weight is 344 g/mol. The van der Waals surface area contributed by atoms with Gasteiger partial charge in [-0.05, 0) is 13.0 Å². The lowest BCUT2D eigenvalue weighted by Crippen LogP contribution is -2.33. The lowest BCUT2D eigenvalue weighted by Gasteiger charge is -2.23. The van der Waals surface area contributed by atoms with E-state index >= 15 is 0 Å². The molecule has 0 amide bonds. The molecule has 1 rings (SSSR count). The molecule has 0 radical (unpaired) electrons. The van der Waals surface area contributed by atoms with Crippen molar-refractivity contribution in [3.8, 4) is 0 Å². The minimum absolute atomic E-state index is 0.682. The number of rotatable bonds is 11. The highest BCUT2D eigenvalue weighted by Crippen LogP contribution is 2.10. The maximum Gasteiger partial charge on any atom is 0.0701 e. The number of ether oxygens (including phenoxy) is 3. The fourth-order valence-electron chi connectivity index (χ4n) is 3.09. The summed E-state index contributed by atoms with van der Waals surface area (Å²) in [7, 11) is 0. The highest BCUT2D eigenvalue weighted by atomic mass is 16.5. The Morgan fingerprint density at radius 2 is 0.958 bits per heavy atom. The molecule has 0 aliphatic carbocycles. The van der Waals surface area contributed by atoms with Gasteiger partial charge in [0.1, 0.15) is 0 Å². The van der Waals surface area contributed by atoms with Crippen LogP contribution in [-0.4, -0.2) is 64.2 Å². The van der Waals surface area contributed by atoms with E-state index in [0.29, 0.717) is 26.4 Å². The van der Waals surface area contributed by atoms with E-state index in [2.05, 4.69) is 11.8 Å². The maximum atomic E-state index is 5.63. The van der Waals surface area contributed by atoms with Gasteiger partial charge in [0, 0.05) is 13.1 Å². The summed E-state index contributed by atoms with van der Waals surface area (Å²) in [4.78, 5) is 2.49. The summed E-state index contributed by atoms with van der Waals surface area (Å²) >= 11 is 0. The Balaban J connectivity index is 1.96. The van der Waals surface area contributed by atoms with Crippen LogP contribution in [0.15, 0.2) is 0 Å². The van der Waals surface area contributed by atoms with Crippen LogP contribution in [0.2, 0.25) is 0 Å². The molecule has 1 heterocycles. The molecule has 0 unspecified atom stereocenters. The third-order valence-electron chi connectivity index (χ3n) is 4.68. The Labute approximate surface area is 150 Å². The molecule has 0 aromatic rings. The number of hydrogen-bond acceptors (Lipinski definition) is 4. The molecule has 0 N–H and O–H groups in total. The van der Waals surface area contributed by atoms with E-state index in [0.717, 1.165) is 26.3 Å². The fourth-order valence-corrected chi connectivity index (χ4v) is 3.09. The summed E-state index contributed by atoms with van der Waals surface area (Å²) in [5.41, 5.74) is 0. The molecule has 0 saturated carbocycles. The first-order valence-corrected chi connectivity index (χ1v) is 10.4. The van der Waals surface area contributed by atoms with Crippen LogP contribution in [0.4, 0.5) is 0 Å². The zero-order valence-corrected chi connectivity index (χ0v) is 16.1. The molecule has 1 fully saturated rings. The monoisotopic (exact) mass is 343 g/mol. The summed E-state index contributed by atoms with van der Waals surface area (Å²) in [6.45, 7) is 9.87. The van der Waals surface area contributed by atoms with Gasteiger partial charge in [0.2, 0.25) is 0 Å². The Morgan fingerprint density at radius 3 is 1.46 bits per heavy atom. The smallest absolute Gasteiger partial charge is 0.0701 e. The van der Waals surface area contributed by atoms with Crippen molar-refractivity contribution in [3.63, 3.8) is 0 Å². The second-order valence-corrected chi connectivity index (χ2v) is 6.86. The maximum absolute atomic E-state index is 5.63. The molecule has 0 atom stereocenters. The van der Waals surface area contributed by atoms with E-state index < -0.39 is 0 Å². The number of unbranched alkanes of at least 4 members (excludes halogenated alkanes) is 9.